The van der Waals surface area contributed by atoms with Gasteiger partial charge in [0, 0.05) is 22.4 Å². The summed E-state index contributed by atoms with van der Waals surface area (Å²) in [5, 5.41) is 27.0. The Kier molecular flexibility index (Phi) is 5.09. The molecule has 4 rings (SSSR count). The summed E-state index contributed by atoms with van der Waals surface area (Å²) in [6, 6.07) is 20.4. The Morgan fingerprint density at radius 3 is 2.50 bits per heavy atom. The Bertz CT molecular complexity index is 1210. The standard InChI is InChI=1S/C23H19N5OS/c1-13-20(21(28-23(30)26-13)14-7-3-2-4-8-14)18-11-16(17(12-24)22(25)27-18)15-9-5-6-10-19(15)29/h2-11,21,29H,1H3,(H2,25,27)(H2,26,28,30). The van der Waals surface area contributed by atoms with Crippen LogP contribution in [-0.4, -0.2) is 15.2 Å². The molecular weight excluding hydrogens is 394 g/mol. The van der Waals surface area contributed by atoms with Gasteiger partial charge < -0.3 is 21.5 Å². The molecule has 30 heavy (non-hydrogen) atoms. The number of phenolic OH excluding ortho intramolecular Hbond substituents is 1. The first-order valence-electron chi connectivity index (χ1n) is 9.32. The maximum absolute atomic E-state index is 10.4. The molecular formula is C23H19N5OS. The molecule has 3 aromatic rings. The van der Waals surface area contributed by atoms with Crippen LogP contribution in [0.15, 0.2) is 66.4 Å². The first-order valence-corrected chi connectivity index (χ1v) is 9.73. The molecule has 2 heterocycles. The highest BCUT2D eigenvalue weighted by molar-refractivity contribution is 7.80. The molecule has 2 aromatic carbocycles. The number of nitrogen functional groups attached to an aromatic ring is 1. The zero-order valence-corrected chi connectivity index (χ0v) is 17.0. The Hall–Kier alpha value is -3.89. The van der Waals surface area contributed by atoms with Crippen LogP contribution in [-0.2, 0) is 0 Å². The van der Waals surface area contributed by atoms with Crippen molar-refractivity contribution < 1.29 is 5.11 Å². The minimum Gasteiger partial charge on any atom is -0.507 e. The number of aromatic nitrogens is 1. The molecule has 6 nitrogen and oxygen atoms in total. The summed E-state index contributed by atoms with van der Waals surface area (Å²) in [7, 11) is 0. The highest BCUT2D eigenvalue weighted by Gasteiger charge is 2.28. The van der Waals surface area contributed by atoms with Gasteiger partial charge in [0.05, 0.1) is 11.7 Å². The van der Waals surface area contributed by atoms with Crippen LogP contribution < -0.4 is 16.4 Å². The van der Waals surface area contributed by atoms with Gasteiger partial charge in [0.15, 0.2) is 5.11 Å². The fourth-order valence-corrected chi connectivity index (χ4v) is 3.93. The second-order valence-electron chi connectivity index (χ2n) is 6.93. The molecule has 1 unspecified atom stereocenters. The van der Waals surface area contributed by atoms with E-state index in [2.05, 4.69) is 21.7 Å². The monoisotopic (exact) mass is 413 g/mol. The van der Waals surface area contributed by atoms with Crippen molar-refractivity contribution in [2.75, 3.05) is 5.73 Å². The van der Waals surface area contributed by atoms with Crippen molar-refractivity contribution in [1.29, 1.82) is 5.26 Å². The smallest absolute Gasteiger partial charge is 0.171 e. The normalized spacial score (nSPS) is 15.9. The second-order valence-corrected chi connectivity index (χ2v) is 7.33. The van der Waals surface area contributed by atoms with Gasteiger partial charge in [-0.05, 0) is 36.8 Å². The summed E-state index contributed by atoms with van der Waals surface area (Å²) in [5.74, 6) is 0.172. The van der Waals surface area contributed by atoms with Crippen molar-refractivity contribution in [2.45, 2.75) is 13.0 Å². The highest BCUT2D eigenvalue weighted by atomic mass is 32.1. The van der Waals surface area contributed by atoms with Gasteiger partial charge in [-0.2, -0.15) is 5.26 Å². The zero-order valence-electron chi connectivity index (χ0n) is 16.2. The fraction of sp³-hybridized carbons (Fsp3) is 0.0870. The number of nitrogens with one attached hydrogen (secondary N) is 2. The van der Waals surface area contributed by atoms with E-state index in [4.69, 9.17) is 18.0 Å². The number of hydrogen-bond donors (Lipinski definition) is 4. The number of benzene rings is 2. The number of nitriles is 1. The van der Waals surface area contributed by atoms with Crippen molar-refractivity contribution in [1.82, 2.24) is 15.6 Å². The summed E-state index contributed by atoms with van der Waals surface area (Å²) in [6.45, 7) is 1.92. The molecule has 0 aliphatic carbocycles. The number of allylic oxidation sites excluding steroid dienone is 1. The molecule has 1 aliphatic heterocycles. The number of hydrogen-bond acceptors (Lipinski definition) is 5. The molecule has 1 aliphatic rings. The van der Waals surface area contributed by atoms with Gasteiger partial charge in [0.2, 0.25) is 0 Å². The number of para-hydroxylation sites is 1. The van der Waals surface area contributed by atoms with Crippen LogP contribution in [0.2, 0.25) is 0 Å². The molecule has 0 saturated heterocycles. The first kappa shape index (κ1) is 19.4. The Morgan fingerprint density at radius 2 is 1.80 bits per heavy atom. The van der Waals surface area contributed by atoms with Gasteiger partial charge in [-0.25, -0.2) is 4.98 Å². The SMILES string of the molecule is CC1=C(c2cc(-c3ccccc3O)c(C#N)c(N)n2)C(c2ccccc2)NC(=S)N1. The van der Waals surface area contributed by atoms with E-state index in [1.54, 1.807) is 30.3 Å². The molecule has 0 amide bonds. The lowest BCUT2D eigenvalue weighted by molar-refractivity contribution is 0.477. The number of thiocarbonyl (C=S) groups is 1. The Labute approximate surface area is 179 Å². The van der Waals surface area contributed by atoms with Gasteiger partial charge >= 0.3 is 0 Å². The van der Waals surface area contributed by atoms with Crippen LogP contribution >= 0.6 is 12.2 Å². The molecule has 0 fully saturated rings. The molecule has 5 N–H and O–H groups in total. The number of anilines is 1. The molecule has 7 heteroatoms. The third-order valence-corrected chi connectivity index (χ3v) is 5.25. The maximum Gasteiger partial charge on any atom is 0.171 e. The van der Waals surface area contributed by atoms with Crippen LogP contribution in [0.5, 0.6) is 5.75 Å². The minimum absolute atomic E-state index is 0.0666. The van der Waals surface area contributed by atoms with Gasteiger partial charge in [-0.3, -0.25) is 0 Å². The highest BCUT2D eigenvalue weighted by Crippen LogP contribution is 2.39. The van der Waals surface area contributed by atoms with E-state index >= 15 is 0 Å². The number of nitrogens with zero attached hydrogens (tertiary/aromatic N) is 2. The summed E-state index contributed by atoms with van der Waals surface area (Å²) in [4.78, 5) is 4.53. The van der Waals surface area contributed by atoms with E-state index in [1.807, 2.05) is 37.3 Å². The van der Waals surface area contributed by atoms with Crippen LogP contribution in [0.25, 0.3) is 16.7 Å². The number of aromatic hydroxyl groups is 1. The molecule has 1 aromatic heterocycles. The van der Waals surface area contributed by atoms with Crippen LogP contribution in [0.3, 0.4) is 0 Å². The summed E-state index contributed by atoms with van der Waals surface area (Å²) < 4.78 is 0. The van der Waals surface area contributed by atoms with E-state index in [9.17, 15) is 10.4 Å². The molecule has 0 saturated carbocycles. The van der Waals surface area contributed by atoms with Crippen LogP contribution in [0.4, 0.5) is 5.82 Å². The van der Waals surface area contributed by atoms with Crippen molar-refractivity contribution in [2.24, 2.45) is 0 Å². The minimum atomic E-state index is -0.239. The van der Waals surface area contributed by atoms with E-state index in [-0.39, 0.29) is 23.2 Å². The quantitative estimate of drug-likeness (QED) is 0.483. The number of nitrogens with two attached hydrogens (primary N) is 1. The van der Waals surface area contributed by atoms with Gasteiger partial charge in [0.1, 0.15) is 23.2 Å². The second kappa shape index (κ2) is 7.85. The number of phenols is 1. The van der Waals surface area contributed by atoms with E-state index in [0.29, 0.717) is 21.9 Å². The summed E-state index contributed by atoms with van der Waals surface area (Å²) >= 11 is 5.37. The lowest BCUT2D eigenvalue weighted by Crippen LogP contribution is -2.42. The topological polar surface area (TPSA) is 107 Å². The first-order chi connectivity index (χ1) is 14.5. The predicted molar refractivity (Wildman–Crippen MR) is 121 cm³/mol. The lowest BCUT2D eigenvalue weighted by Gasteiger charge is -2.31. The average Bonchev–Trinajstić information content (AvgIpc) is 2.73. The Morgan fingerprint density at radius 1 is 1.10 bits per heavy atom. The molecule has 0 spiro atoms. The van der Waals surface area contributed by atoms with Crippen molar-refractivity contribution >= 4 is 28.7 Å². The lowest BCUT2D eigenvalue weighted by atomic mass is 9.90. The molecule has 148 valence electrons. The number of rotatable bonds is 3. The molecule has 1 atom stereocenters. The largest absolute Gasteiger partial charge is 0.507 e. The van der Waals surface area contributed by atoms with Crippen molar-refractivity contribution in [3.05, 3.63) is 83.2 Å². The van der Waals surface area contributed by atoms with E-state index in [0.717, 1.165) is 16.8 Å². The Balaban J connectivity index is 1.95. The number of pyridine rings is 1. The third-order valence-electron chi connectivity index (χ3n) is 5.03. The zero-order chi connectivity index (χ0) is 21.3. The third kappa shape index (κ3) is 3.45. The maximum atomic E-state index is 10.4. The van der Waals surface area contributed by atoms with Gasteiger partial charge in [-0.15, -0.1) is 0 Å². The molecule has 0 bridgehead atoms. The van der Waals surface area contributed by atoms with Crippen LogP contribution in [0, 0.1) is 11.3 Å². The van der Waals surface area contributed by atoms with Gasteiger partial charge in [-0.1, -0.05) is 48.5 Å². The summed E-state index contributed by atoms with van der Waals surface area (Å²) in [6.07, 6.45) is 0. The average molecular weight is 414 g/mol. The fourth-order valence-electron chi connectivity index (χ4n) is 3.66. The van der Waals surface area contributed by atoms with Crippen molar-refractivity contribution in [3.63, 3.8) is 0 Å². The summed E-state index contributed by atoms with van der Waals surface area (Å²) in [5.41, 5.74) is 10.8. The van der Waals surface area contributed by atoms with E-state index in [1.165, 1.54) is 0 Å². The molecule has 0 radical (unpaired) electrons. The van der Waals surface area contributed by atoms with Crippen LogP contribution in [0.1, 0.15) is 29.8 Å². The predicted octanol–water partition coefficient (Wildman–Crippen LogP) is 3.86. The van der Waals surface area contributed by atoms with E-state index < -0.39 is 0 Å². The van der Waals surface area contributed by atoms with Gasteiger partial charge in [0.25, 0.3) is 0 Å². The van der Waals surface area contributed by atoms with Crippen molar-refractivity contribution in [3.8, 4) is 22.9 Å².